The molecule has 1 saturated carbocycles. The summed E-state index contributed by atoms with van der Waals surface area (Å²) in [4.78, 5) is 13.4. The second kappa shape index (κ2) is 4.55. The molecule has 3 unspecified atom stereocenters. The molecule has 2 fully saturated rings. The maximum atomic E-state index is 11.8. The summed E-state index contributed by atoms with van der Waals surface area (Å²) in [7, 11) is -3.53. The molecule has 2 aliphatic rings. The van der Waals surface area contributed by atoms with E-state index in [1.165, 1.54) is 0 Å². The molecule has 1 saturated heterocycles. The highest BCUT2D eigenvalue weighted by molar-refractivity contribution is 7.89. The van der Waals surface area contributed by atoms with Crippen LogP contribution in [0.25, 0.3) is 0 Å². The van der Waals surface area contributed by atoms with Gasteiger partial charge in [0.2, 0.25) is 15.9 Å². The SMILES string of the molecule is NS(=O)(=O)CC1CC(=O)N(C2CCCC2O)C1. The Labute approximate surface area is 101 Å². The van der Waals surface area contributed by atoms with Gasteiger partial charge in [-0.05, 0) is 19.3 Å². The van der Waals surface area contributed by atoms with Gasteiger partial charge in [0.1, 0.15) is 0 Å². The summed E-state index contributed by atoms with van der Waals surface area (Å²) in [6.07, 6.45) is 2.19. The minimum atomic E-state index is -3.53. The molecule has 0 spiro atoms. The number of aliphatic hydroxyl groups excluding tert-OH is 1. The number of hydrogen-bond acceptors (Lipinski definition) is 4. The first-order chi connectivity index (χ1) is 7.87. The highest BCUT2D eigenvalue weighted by Crippen LogP contribution is 2.30. The van der Waals surface area contributed by atoms with Crippen molar-refractivity contribution >= 4 is 15.9 Å². The van der Waals surface area contributed by atoms with Crippen LogP contribution in [-0.2, 0) is 14.8 Å². The maximum Gasteiger partial charge on any atom is 0.223 e. The van der Waals surface area contributed by atoms with Gasteiger partial charge in [-0.25, -0.2) is 13.6 Å². The van der Waals surface area contributed by atoms with E-state index >= 15 is 0 Å². The predicted molar refractivity (Wildman–Crippen MR) is 61.4 cm³/mol. The van der Waals surface area contributed by atoms with E-state index < -0.39 is 16.1 Å². The van der Waals surface area contributed by atoms with Gasteiger partial charge in [-0.1, -0.05) is 0 Å². The van der Waals surface area contributed by atoms with Gasteiger partial charge in [0, 0.05) is 18.9 Å². The third-order valence-electron chi connectivity index (χ3n) is 3.55. The number of hydrogen-bond donors (Lipinski definition) is 2. The second-order valence-corrected chi connectivity index (χ2v) is 6.67. The zero-order valence-electron chi connectivity index (χ0n) is 9.58. The van der Waals surface area contributed by atoms with Crippen molar-refractivity contribution in [2.45, 2.75) is 37.8 Å². The number of nitrogens with two attached hydrogens (primary N) is 1. The van der Waals surface area contributed by atoms with Crippen LogP contribution >= 0.6 is 0 Å². The van der Waals surface area contributed by atoms with Crippen molar-refractivity contribution in [3.8, 4) is 0 Å². The summed E-state index contributed by atoms with van der Waals surface area (Å²) in [5.41, 5.74) is 0. The lowest BCUT2D eigenvalue weighted by Gasteiger charge is -2.27. The maximum absolute atomic E-state index is 11.8. The second-order valence-electron chi connectivity index (χ2n) is 5.01. The summed E-state index contributed by atoms with van der Waals surface area (Å²) in [6.45, 7) is 0.400. The Morgan fingerprint density at radius 2 is 2.12 bits per heavy atom. The molecular formula is C10H18N2O4S. The number of primary sulfonamides is 1. The molecule has 0 aromatic heterocycles. The fraction of sp³-hybridized carbons (Fsp3) is 0.900. The Morgan fingerprint density at radius 3 is 2.65 bits per heavy atom. The minimum absolute atomic E-state index is 0.0652. The molecule has 1 heterocycles. The van der Waals surface area contributed by atoms with Gasteiger partial charge in [0.05, 0.1) is 17.9 Å². The zero-order chi connectivity index (χ0) is 12.6. The molecule has 1 amide bonds. The van der Waals surface area contributed by atoms with E-state index in [0.717, 1.165) is 12.8 Å². The van der Waals surface area contributed by atoms with Crippen molar-refractivity contribution in [2.75, 3.05) is 12.3 Å². The summed E-state index contributed by atoms with van der Waals surface area (Å²) >= 11 is 0. The molecule has 98 valence electrons. The molecular weight excluding hydrogens is 244 g/mol. The summed E-state index contributed by atoms with van der Waals surface area (Å²) in [5.74, 6) is -0.451. The smallest absolute Gasteiger partial charge is 0.223 e. The molecule has 3 atom stereocenters. The highest BCUT2D eigenvalue weighted by atomic mass is 32.2. The van der Waals surface area contributed by atoms with Gasteiger partial charge in [-0.3, -0.25) is 4.79 Å². The third-order valence-corrected chi connectivity index (χ3v) is 4.49. The van der Waals surface area contributed by atoms with Crippen LogP contribution in [0, 0.1) is 5.92 Å². The number of nitrogens with zero attached hydrogens (tertiary/aromatic N) is 1. The molecule has 1 aliphatic heterocycles. The lowest BCUT2D eigenvalue weighted by molar-refractivity contribution is -0.131. The van der Waals surface area contributed by atoms with E-state index in [0.29, 0.717) is 13.0 Å². The summed E-state index contributed by atoms with van der Waals surface area (Å²) in [6, 6.07) is -0.132. The number of rotatable bonds is 3. The first-order valence-corrected chi connectivity index (χ1v) is 7.56. The van der Waals surface area contributed by atoms with E-state index in [9.17, 15) is 18.3 Å². The molecule has 7 heteroatoms. The van der Waals surface area contributed by atoms with Crippen LogP contribution < -0.4 is 5.14 Å². The average molecular weight is 262 g/mol. The average Bonchev–Trinajstić information content (AvgIpc) is 2.70. The molecule has 0 aromatic carbocycles. The molecule has 0 aromatic rings. The van der Waals surface area contributed by atoms with E-state index in [2.05, 4.69) is 0 Å². The van der Waals surface area contributed by atoms with E-state index in [-0.39, 0.29) is 30.0 Å². The number of carbonyl (C=O) groups is 1. The fourth-order valence-corrected chi connectivity index (χ4v) is 3.73. The molecule has 0 radical (unpaired) electrons. The van der Waals surface area contributed by atoms with Crippen molar-refractivity contribution in [2.24, 2.45) is 11.1 Å². The van der Waals surface area contributed by atoms with Crippen LogP contribution in [-0.4, -0.2) is 48.8 Å². The zero-order valence-corrected chi connectivity index (χ0v) is 10.4. The third kappa shape index (κ3) is 2.97. The first kappa shape index (κ1) is 12.8. The van der Waals surface area contributed by atoms with Gasteiger partial charge in [0.15, 0.2) is 0 Å². The minimum Gasteiger partial charge on any atom is -0.391 e. The lowest BCUT2D eigenvalue weighted by atomic mass is 10.1. The standard InChI is InChI=1S/C10H18N2O4S/c11-17(15,16)6-7-4-10(14)12(5-7)8-2-1-3-9(8)13/h7-9,13H,1-6H2,(H2,11,15,16). The molecule has 2 rings (SSSR count). The van der Waals surface area contributed by atoms with E-state index in [1.54, 1.807) is 4.90 Å². The summed E-state index contributed by atoms with van der Waals surface area (Å²) in [5, 5.41) is 14.7. The first-order valence-electron chi connectivity index (χ1n) is 5.85. The number of likely N-dealkylation sites (tertiary alicyclic amines) is 1. The predicted octanol–water partition coefficient (Wildman–Crippen LogP) is -0.963. The van der Waals surface area contributed by atoms with Crippen LogP contribution in [0.2, 0.25) is 0 Å². The fourth-order valence-electron chi connectivity index (χ4n) is 2.85. The number of aliphatic hydroxyl groups is 1. The van der Waals surface area contributed by atoms with Crippen LogP contribution in [0.15, 0.2) is 0 Å². The number of carbonyl (C=O) groups excluding carboxylic acids is 1. The van der Waals surface area contributed by atoms with E-state index in [1.807, 2.05) is 0 Å². The normalized spacial score (nSPS) is 34.6. The largest absolute Gasteiger partial charge is 0.391 e. The number of amides is 1. The molecule has 6 nitrogen and oxygen atoms in total. The Morgan fingerprint density at radius 1 is 1.41 bits per heavy atom. The van der Waals surface area contributed by atoms with Gasteiger partial charge < -0.3 is 10.0 Å². The van der Waals surface area contributed by atoms with Crippen molar-refractivity contribution in [1.82, 2.24) is 4.90 Å². The molecule has 3 N–H and O–H groups in total. The van der Waals surface area contributed by atoms with Gasteiger partial charge in [-0.15, -0.1) is 0 Å². The molecule has 0 bridgehead atoms. The van der Waals surface area contributed by atoms with Gasteiger partial charge >= 0.3 is 0 Å². The molecule has 17 heavy (non-hydrogen) atoms. The van der Waals surface area contributed by atoms with Gasteiger partial charge in [0.25, 0.3) is 0 Å². The molecule has 1 aliphatic carbocycles. The van der Waals surface area contributed by atoms with Crippen LogP contribution in [0.5, 0.6) is 0 Å². The Kier molecular flexibility index (Phi) is 3.42. The lowest BCUT2D eigenvalue weighted by Crippen LogP contribution is -2.41. The topological polar surface area (TPSA) is 101 Å². The van der Waals surface area contributed by atoms with Gasteiger partial charge in [-0.2, -0.15) is 0 Å². The number of sulfonamides is 1. The summed E-state index contributed by atoms with van der Waals surface area (Å²) < 4.78 is 22.0. The van der Waals surface area contributed by atoms with E-state index in [4.69, 9.17) is 5.14 Å². The monoisotopic (exact) mass is 262 g/mol. The van der Waals surface area contributed by atoms with Crippen molar-refractivity contribution in [3.05, 3.63) is 0 Å². The highest BCUT2D eigenvalue weighted by Gasteiger charge is 2.40. The Balaban J connectivity index is 2.00. The Bertz CT molecular complexity index is 409. The van der Waals surface area contributed by atoms with Crippen molar-refractivity contribution < 1.29 is 18.3 Å². The van der Waals surface area contributed by atoms with Crippen LogP contribution in [0.1, 0.15) is 25.7 Å². The van der Waals surface area contributed by atoms with Crippen LogP contribution in [0.4, 0.5) is 0 Å². The van der Waals surface area contributed by atoms with Crippen molar-refractivity contribution in [1.29, 1.82) is 0 Å². The quantitative estimate of drug-likeness (QED) is 0.683. The Hall–Kier alpha value is -0.660. The van der Waals surface area contributed by atoms with Crippen molar-refractivity contribution in [3.63, 3.8) is 0 Å². The van der Waals surface area contributed by atoms with Crippen LogP contribution in [0.3, 0.4) is 0 Å².